The van der Waals surface area contributed by atoms with Crippen molar-refractivity contribution in [3.05, 3.63) is 41.7 Å². The van der Waals surface area contributed by atoms with Gasteiger partial charge in [-0.25, -0.2) is 9.58 Å². The molecule has 2 unspecified atom stereocenters. The summed E-state index contributed by atoms with van der Waals surface area (Å²) >= 11 is 0. The SMILES string of the molecule is Cc1ccc(Cn2cnc(N3C(=O)C4CCCCC4C3=O)n2)cc1. The van der Waals surface area contributed by atoms with E-state index in [1.165, 1.54) is 10.5 Å². The van der Waals surface area contributed by atoms with Crippen LogP contribution in [0.1, 0.15) is 36.8 Å². The van der Waals surface area contributed by atoms with Crippen molar-refractivity contribution in [3.8, 4) is 0 Å². The van der Waals surface area contributed by atoms with Crippen LogP contribution in [0.5, 0.6) is 0 Å². The zero-order valence-corrected chi connectivity index (χ0v) is 13.7. The number of benzene rings is 1. The molecule has 1 saturated carbocycles. The van der Waals surface area contributed by atoms with E-state index in [1.807, 2.05) is 31.2 Å². The Kier molecular flexibility index (Phi) is 3.67. The lowest BCUT2D eigenvalue weighted by Crippen LogP contribution is -2.32. The summed E-state index contributed by atoms with van der Waals surface area (Å²) in [7, 11) is 0. The molecule has 0 spiro atoms. The molecule has 2 fully saturated rings. The number of amides is 2. The number of aryl methyl sites for hydroxylation is 1. The third kappa shape index (κ3) is 2.52. The lowest BCUT2D eigenvalue weighted by Gasteiger charge is -2.19. The first-order valence-corrected chi connectivity index (χ1v) is 8.46. The number of rotatable bonds is 3. The number of carbonyl (C=O) groups excluding carboxylic acids is 2. The fraction of sp³-hybridized carbons (Fsp3) is 0.444. The van der Waals surface area contributed by atoms with E-state index >= 15 is 0 Å². The van der Waals surface area contributed by atoms with Crippen LogP contribution in [-0.4, -0.2) is 26.6 Å². The molecule has 2 aromatic rings. The van der Waals surface area contributed by atoms with Crippen LogP contribution in [0.2, 0.25) is 0 Å². The van der Waals surface area contributed by atoms with Crippen molar-refractivity contribution in [2.24, 2.45) is 11.8 Å². The van der Waals surface area contributed by atoms with Crippen LogP contribution in [0.15, 0.2) is 30.6 Å². The number of fused-ring (bicyclic) bond motifs is 1. The highest BCUT2D eigenvalue weighted by Crippen LogP contribution is 2.39. The molecule has 2 heterocycles. The van der Waals surface area contributed by atoms with Crippen LogP contribution in [0, 0.1) is 18.8 Å². The van der Waals surface area contributed by atoms with Gasteiger partial charge in [-0.1, -0.05) is 42.7 Å². The van der Waals surface area contributed by atoms with E-state index < -0.39 is 0 Å². The minimum Gasteiger partial charge on any atom is -0.274 e. The molecule has 24 heavy (non-hydrogen) atoms. The van der Waals surface area contributed by atoms with Gasteiger partial charge in [0.1, 0.15) is 6.33 Å². The average Bonchev–Trinajstić information content (AvgIpc) is 3.14. The Balaban J connectivity index is 1.55. The van der Waals surface area contributed by atoms with E-state index in [1.54, 1.807) is 11.0 Å². The first kappa shape index (κ1) is 15.1. The number of hydrogen-bond donors (Lipinski definition) is 0. The Labute approximate surface area is 140 Å². The second-order valence-electron chi connectivity index (χ2n) is 6.74. The summed E-state index contributed by atoms with van der Waals surface area (Å²) in [6.45, 7) is 2.61. The zero-order valence-electron chi connectivity index (χ0n) is 13.7. The normalized spacial score (nSPS) is 23.6. The topological polar surface area (TPSA) is 68.1 Å². The van der Waals surface area contributed by atoms with Gasteiger partial charge in [-0.3, -0.25) is 9.59 Å². The lowest BCUT2D eigenvalue weighted by atomic mass is 9.81. The molecular weight excluding hydrogens is 304 g/mol. The molecule has 0 bridgehead atoms. The Bertz CT molecular complexity index is 757. The molecule has 0 N–H and O–H groups in total. The van der Waals surface area contributed by atoms with Crippen molar-refractivity contribution in [2.45, 2.75) is 39.2 Å². The molecule has 0 radical (unpaired) electrons. The number of aromatic nitrogens is 3. The van der Waals surface area contributed by atoms with Crippen LogP contribution in [0.3, 0.4) is 0 Å². The number of anilines is 1. The van der Waals surface area contributed by atoms with Gasteiger partial charge in [0, 0.05) is 0 Å². The fourth-order valence-electron chi connectivity index (χ4n) is 3.70. The summed E-state index contributed by atoms with van der Waals surface area (Å²) in [5, 5.41) is 4.36. The van der Waals surface area contributed by atoms with E-state index in [-0.39, 0.29) is 29.6 Å². The molecule has 6 heteroatoms. The second-order valence-corrected chi connectivity index (χ2v) is 6.74. The van der Waals surface area contributed by atoms with E-state index in [2.05, 4.69) is 10.1 Å². The van der Waals surface area contributed by atoms with Crippen molar-refractivity contribution < 1.29 is 9.59 Å². The molecule has 1 aliphatic carbocycles. The zero-order chi connectivity index (χ0) is 16.7. The third-order valence-electron chi connectivity index (χ3n) is 5.03. The standard InChI is InChI=1S/C18H20N4O2/c1-12-6-8-13(9-7-12)10-21-11-19-18(20-21)22-16(23)14-4-2-3-5-15(14)17(22)24/h6-9,11,14-15H,2-5,10H2,1H3. The maximum Gasteiger partial charge on any atom is 0.258 e. The van der Waals surface area contributed by atoms with Gasteiger partial charge < -0.3 is 0 Å². The van der Waals surface area contributed by atoms with Crippen molar-refractivity contribution in [1.29, 1.82) is 0 Å². The van der Waals surface area contributed by atoms with Gasteiger partial charge in [-0.2, -0.15) is 4.98 Å². The molecular formula is C18H20N4O2. The smallest absolute Gasteiger partial charge is 0.258 e. The predicted octanol–water partition coefficient (Wildman–Crippen LogP) is 2.31. The molecule has 1 aromatic heterocycles. The highest BCUT2D eigenvalue weighted by Gasteiger charge is 2.50. The van der Waals surface area contributed by atoms with Crippen LogP contribution in [-0.2, 0) is 16.1 Å². The van der Waals surface area contributed by atoms with Gasteiger partial charge in [0.2, 0.25) is 11.8 Å². The summed E-state index contributed by atoms with van der Waals surface area (Å²) < 4.78 is 1.67. The summed E-state index contributed by atoms with van der Waals surface area (Å²) in [4.78, 5) is 30.6. The Hall–Kier alpha value is -2.50. The second kappa shape index (κ2) is 5.85. The van der Waals surface area contributed by atoms with Crippen molar-refractivity contribution in [3.63, 3.8) is 0 Å². The predicted molar refractivity (Wildman–Crippen MR) is 88.2 cm³/mol. The first-order chi connectivity index (χ1) is 11.6. The molecule has 2 aliphatic rings. The van der Waals surface area contributed by atoms with Crippen molar-refractivity contribution in [2.75, 3.05) is 4.90 Å². The van der Waals surface area contributed by atoms with E-state index in [0.29, 0.717) is 6.54 Å². The summed E-state index contributed by atoms with van der Waals surface area (Å²) in [5.41, 5.74) is 2.30. The number of nitrogens with zero attached hydrogens (tertiary/aromatic N) is 4. The van der Waals surface area contributed by atoms with E-state index in [4.69, 9.17) is 0 Å². The Morgan fingerprint density at radius 1 is 1.04 bits per heavy atom. The van der Waals surface area contributed by atoms with Gasteiger partial charge in [0.05, 0.1) is 18.4 Å². The fourth-order valence-corrected chi connectivity index (χ4v) is 3.70. The summed E-state index contributed by atoms with van der Waals surface area (Å²) in [6, 6.07) is 8.17. The van der Waals surface area contributed by atoms with Gasteiger partial charge in [-0.15, -0.1) is 5.10 Å². The first-order valence-electron chi connectivity index (χ1n) is 8.46. The Morgan fingerprint density at radius 3 is 2.29 bits per heavy atom. The van der Waals surface area contributed by atoms with E-state index in [9.17, 15) is 9.59 Å². The van der Waals surface area contributed by atoms with Gasteiger partial charge >= 0.3 is 0 Å². The highest BCUT2D eigenvalue weighted by atomic mass is 16.2. The maximum atomic E-state index is 12.6. The average molecular weight is 324 g/mol. The number of hydrogen-bond acceptors (Lipinski definition) is 4. The molecule has 1 aromatic carbocycles. The van der Waals surface area contributed by atoms with Crippen molar-refractivity contribution >= 4 is 17.8 Å². The van der Waals surface area contributed by atoms with Gasteiger partial charge in [0.25, 0.3) is 5.95 Å². The van der Waals surface area contributed by atoms with Crippen LogP contribution in [0.4, 0.5) is 5.95 Å². The molecule has 1 saturated heterocycles. The lowest BCUT2D eigenvalue weighted by molar-refractivity contribution is -0.122. The monoisotopic (exact) mass is 324 g/mol. The molecule has 2 atom stereocenters. The minimum absolute atomic E-state index is 0.127. The largest absolute Gasteiger partial charge is 0.274 e. The minimum atomic E-state index is -0.171. The number of carbonyl (C=O) groups is 2. The molecule has 1 aliphatic heterocycles. The van der Waals surface area contributed by atoms with Crippen LogP contribution >= 0.6 is 0 Å². The third-order valence-corrected chi connectivity index (χ3v) is 5.03. The molecule has 6 nitrogen and oxygen atoms in total. The van der Waals surface area contributed by atoms with Crippen LogP contribution in [0.25, 0.3) is 0 Å². The maximum absolute atomic E-state index is 12.6. The molecule has 4 rings (SSSR count). The molecule has 124 valence electrons. The van der Waals surface area contributed by atoms with Gasteiger partial charge in [0.15, 0.2) is 0 Å². The highest BCUT2D eigenvalue weighted by molar-refractivity contribution is 6.21. The Morgan fingerprint density at radius 2 is 1.67 bits per heavy atom. The summed E-state index contributed by atoms with van der Waals surface area (Å²) in [6.07, 6.45) is 5.22. The van der Waals surface area contributed by atoms with Crippen molar-refractivity contribution in [1.82, 2.24) is 14.8 Å². The molecule has 2 amide bonds. The summed E-state index contributed by atoms with van der Waals surface area (Å²) in [5.74, 6) is -0.382. The van der Waals surface area contributed by atoms with Crippen LogP contribution < -0.4 is 4.90 Å². The van der Waals surface area contributed by atoms with E-state index in [0.717, 1.165) is 31.2 Å². The van der Waals surface area contributed by atoms with Gasteiger partial charge in [-0.05, 0) is 25.3 Å². The quantitative estimate of drug-likeness (QED) is 0.813. The number of imide groups is 1.